The second kappa shape index (κ2) is 8.52. The van der Waals surface area contributed by atoms with E-state index in [4.69, 9.17) is 22.4 Å². The van der Waals surface area contributed by atoms with Crippen molar-refractivity contribution in [1.82, 2.24) is 9.80 Å². The molecule has 1 atom stereocenters. The van der Waals surface area contributed by atoms with Crippen LogP contribution in [0.2, 0.25) is 5.02 Å². The maximum absolute atomic E-state index is 12.0. The molecule has 0 aliphatic carbocycles. The van der Waals surface area contributed by atoms with E-state index in [1.165, 1.54) is 0 Å². The van der Waals surface area contributed by atoms with Gasteiger partial charge in [0, 0.05) is 37.7 Å². The molecule has 6 nitrogen and oxygen atoms in total. The van der Waals surface area contributed by atoms with Gasteiger partial charge in [-0.15, -0.1) is 0 Å². The third-order valence-electron chi connectivity index (χ3n) is 4.81. The van der Waals surface area contributed by atoms with Crippen LogP contribution < -0.4 is 5.73 Å². The van der Waals surface area contributed by atoms with Crippen LogP contribution in [0.15, 0.2) is 48.5 Å². The van der Waals surface area contributed by atoms with Crippen LogP contribution >= 0.6 is 11.6 Å². The van der Waals surface area contributed by atoms with Crippen molar-refractivity contribution in [2.75, 3.05) is 26.2 Å². The molecule has 1 fully saturated rings. The van der Waals surface area contributed by atoms with Gasteiger partial charge in [-0.1, -0.05) is 35.9 Å². The Kier molecular flexibility index (Phi) is 6.11. The summed E-state index contributed by atoms with van der Waals surface area (Å²) >= 11 is 5.94. The molecule has 0 spiro atoms. The monoisotopic (exact) mass is 387 g/mol. The first kappa shape index (κ1) is 19.4. The Labute approximate surface area is 163 Å². The van der Waals surface area contributed by atoms with Gasteiger partial charge >= 0.3 is 5.97 Å². The number of carboxylic acids is 1. The lowest BCUT2D eigenvalue weighted by atomic mass is 10.0. The number of hydrogen-bond donors (Lipinski definition) is 2. The molecule has 0 radical (unpaired) electrons. The highest BCUT2D eigenvalue weighted by Gasteiger charge is 2.29. The van der Waals surface area contributed by atoms with Crippen molar-refractivity contribution in [3.63, 3.8) is 0 Å². The molecule has 2 aromatic rings. The SMILES string of the molecule is NC(=O)C(c1ccc(Cl)cc1)N1CCN(Cc2cccc(C(=O)O)c2)CC1. The number of hydrogen-bond acceptors (Lipinski definition) is 4. The van der Waals surface area contributed by atoms with E-state index < -0.39 is 12.0 Å². The van der Waals surface area contributed by atoms with E-state index >= 15 is 0 Å². The van der Waals surface area contributed by atoms with Crippen molar-refractivity contribution in [3.8, 4) is 0 Å². The summed E-state index contributed by atoms with van der Waals surface area (Å²) in [6.07, 6.45) is 0. The van der Waals surface area contributed by atoms with Crippen LogP contribution in [0.5, 0.6) is 0 Å². The standard InChI is InChI=1S/C20H22ClN3O3/c21-17-6-4-15(5-7-17)18(19(22)25)24-10-8-23(9-11-24)13-14-2-1-3-16(12-14)20(26)27/h1-7,12,18H,8-11,13H2,(H2,22,25)(H,26,27). The predicted molar refractivity (Wildman–Crippen MR) is 104 cm³/mol. The van der Waals surface area contributed by atoms with Gasteiger partial charge in [0.15, 0.2) is 0 Å². The molecule has 0 aromatic heterocycles. The molecule has 1 aliphatic rings. The zero-order chi connectivity index (χ0) is 19.4. The summed E-state index contributed by atoms with van der Waals surface area (Å²) in [5, 5.41) is 9.74. The van der Waals surface area contributed by atoms with Crippen LogP contribution in [0, 0.1) is 0 Å². The minimum Gasteiger partial charge on any atom is -0.478 e. The molecule has 2 aromatic carbocycles. The number of carbonyl (C=O) groups is 2. The highest BCUT2D eigenvalue weighted by Crippen LogP contribution is 2.24. The van der Waals surface area contributed by atoms with Crippen molar-refractivity contribution >= 4 is 23.5 Å². The summed E-state index contributed by atoms with van der Waals surface area (Å²) in [5.41, 5.74) is 7.76. The number of amides is 1. The topological polar surface area (TPSA) is 86.9 Å². The number of nitrogens with two attached hydrogens (primary N) is 1. The van der Waals surface area contributed by atoms with Gasteiger partial charge in [0.05, 0.1) is 5.56 Å². The van der Waals surface area contributed by atoms with Gasteiger partial charge in [-0.05, 0) is 35.4 Å². The van der Waals surface area contributed by atoms with Crippen molar-refractivity contribution in [2.45, 2.75) is 12.6 Å². The average Bonchev–Trinajstić information content (AvgIpc) is 2.65. The van der Waals surface area contributed by atoms with E-state index in [-0.39, 0.29) is 5.91 Å². The van der Waals surface area contributed by atoms with Gasteiger partial charge in [-0.25, -0.2) is 4.79 Å². The van der Waals surface area contributed by atoms with Crippen molar-refractivity contribution in [1.29, 1.82) is 0 Å². The molecule has 1 unspecified atom stereocenters. The summed E-state index contributed by atoms with van der Waals surface area (Å²) in [7, 11) is 0. The Hall–Kier alpha value is -2.41. The first-order valence-electron chi connectivity index (χ1n) is 8.77. The second-order valence-electron chi connectivity index (χ2n) is 6.67. The Bertz CT molecular complexity index is 817. The molecule has 1 aliphatic heterocycles. The molecular formula is C20H22ClN3O3. The first-order chi connectivity index (χ1) is 12.9. The van der Waals surface area contributed by atoms with E-state index in [1.807, 2.05) is 18.2 Å². The molecule has 1 saturated heterocycles. The van der Waals surface area contributed by atoms with Gasteiger partial charge in [0.1, 0.15) is 6.04 Å². The number of rotatable bonds is 6. The molecular weight excluding hydrogens is 366 g/mol. The van der Waals surface area contributed by atoms with Gasteiger partial charge in [0.2, 0.25) is 5.91 Å². The van der Waals surface area contributed by atoms with Crippen LogP contribution in [-0.4, -0.2) is 53.0 Å². The number of aromatic carboxylic acids is 1. The Balaban J connectivity index is 1.63. The average molecular weight is 388 g/mol. The molecule has 1 heterocycles. The fourth-order valence-corrected chi connectivity index (χ4v) is 3.57. The predicted octanol–water partition coefficient (Wildman–Crippen LogP) is 2.38. The summed E-state index contributed by atoms with van der Waals surface area (Å²) in [6, 6.07) is 13.7. The van der Waals surface area contributed by atoms with Crippen molar-refractivity contribution < 1.29 is 14.7 Å². The van der Waals surface area contributed by atoms with E-state index in [2.05, 4.69) is 9.80 Å². The third-order valence-corrected chi connectivity index (χ3v) is 5.06. The summed E-state index contributed by atoms with van der Waals surface area (Å²) < 4.78 is 0. The number of carbonyl (C=O) groups excluding carboxylic acids is 1. The second-order valence-corrected chi connectivity index (χ2v) is 7.11. The zero-order valence-electron chi connectivity index (χ0n) is 14.8. The van der Waals surface area contributed by atoms with Gasteiger partial charge in [-0.2, -0.15) is 0 Å². The quantitative estimate of drug-likeness (QED) is 0.794. The molecule has 3 N–H and O–H groups in total. The van der Waals surface area contributed by atoms with Crippen LogP contribution in [0.25, 0.3) is 0 Å². The molecule has 142 valence electrons. The number of carboxylic acid groups (broad SMARTS) is 1. The highest BCUT2D eigenvalue weighted by atomic mass is 35.5. The lowest BCUT2D eigenvalue weighted by Crippen LogP contribution is -2.50. The van der Waals surface area contributed by atoms with E-state index in [1.54, 1.807) is 30.3 Å². The molecule has 1 amide bonds. The maximum Gasteiger partial charge on any atom is 0.335 e. The number of piperazine rings is 1. The maximum atomic E-state index is 12.0. The number of benzene rings is 2. The zero-order valence-corrected chi connectivity index (χ0v) is 15.6. The normalized spacial score (nSPS) is 16.8. The Morgan fingerprint density at radius 1 is 1.07 bits per heavy atom. The van der Waals surface area contributed by atoms with E-state index in [0.717, 1.165) is 24.2 Å². The van der Waals surface area contributed by atoms with Crippen LogP contribution in [0.1, 0.15) is 27.5 Å². The molecule has 0 saturated carbocycles. The number of halogens is 1. The highest BCUT2D eigenvalue weighted by molar-refractivity contribution is 6.30. The Morgan fingerprint density at radius 2 is 1.74 bits per heavy atom. The van der Waals surface area contributed by atoms with Gasteiger partial charge < -0.3 is 10.8 Å². The lowest BCUT2D eigenvalue weighted by molar-refractivity contribution is -0.124. The van der Waals surface area contributed by atoms with Crippen LogP contribution in [0.4, 0.5) is 0 Å². The summed E-state index contributed by atoms with van der Waals surface area (Å²) in [5.74, 6) is -1.30. The van der Waals surface area contributed by atoms with Gasteiger partial charge in [0.25, 0.3) is 0 Å². The summed E-state index contributed by atoms with van der Waals surface area (Å²) in [6.45, 7) is 3.63. The van der Waals surface area contributed by atoms with Crippen molar-refractivity contribution in [3.05, 3.63) is 70.2 Å². The fourth-order valence-electron chi connectivity index (χ4n) is 3.44. The van der Waals surface area contributed by atoms with E-state index in [0.29, 0.717) is 30.2 Å². The van der Waals surface area contributed by atoms with Crippen molar-refractivity contribution in [2.24, 2.45) is 5.73 Å². The number of nitrogens with zero attached hydrogens (tertiary/aromatic N) is 2. The Morgan fingerprint density at radius 3 is 2.33 bits per heavy atom. The minimum absolute atomic E-state index is 0.294. The van der Waals surface area contributed by atoms with Crippen LogP contribution in [-0.2, 0) is 11.3 Å². The van der Waals surface area contributed by atoms with E-state index in [9.17, 15) is 9.59 Å². The largest absolute Gasteiger partial charge is 0.478 e. The van der Waals surface area contributed by atoms with Crippen LogP contribution in [0.3, 0.4) is 0 Å². The molecule has 7 heteroatoms. The smallest absolute Gasteiger partial charge is 0.335 e. The molecule has 27 heavy (non-hydrogen) atoms. The number of primary amides is 1. The lowest BCUT2D eigenvalue weighted by Gasteiger charge is -2.38. The first-order valence-corrected chi connectivity index (χ1v) is 9.15. The molecule has 0 bridgehead atoms. The molecule has 3 rings (SSSR count). The minimum atomic E-state index is -0.922. The fraction of sp³-hybridized carbons (Fsp3) is 0.300. The van der Waals surface area contributed by atoms with Gasteiger partial charge in [-0.3, -0.25) is 14.6 Å². The summed E-state index contributed by atoms with van der Waals surface area (Å²) in [4.78, 5) is 27.5. The third kappa shape index (κ3) is 4.86.